The van der Waals surface area contributed by atoms with E-state index in [1.807, 2.05) is 6.08 Å². The second-order valence-corrected chi connectivity index (χ2v) is 12.2. The van der Waals surface area contributed by atoms with Gasteiger partial charge in [0.15, 0.2) is 0 Å². The summed E-state index contributed by atoms with van der Waals surface area (Å²) in [5, 5.41) is 18.5. The van der Waals surface area contributed by atoms with Gasteiger partial charge in [-0.15, -0.1) is 0 Å². The number of carbonyl (C=O) groups is 1. The van der Waals surface area contributed by atoms with E-state index in [2.05, 4.69) is 31.1 Å². The second-order valence-electron chi connectivity index (χ2n) is 11.4. The zero-order valence-corrected chi connectivity index (χ0v) is 24.4. The van der Waals surface area contributed by atoms with E-state index in [1.165, 1.54) is 24.5 Å². The first-order valence-corrected chi connectivity index (χ1v) is 14.7. The van der Waals surface area contributed by atoms with Gasteiger partial charge in [-0.3, -0.25) is 4.98 Å². The number of fused-ring (bicyclic) bond motifs is 3. The maximum Gasteiger partial charge on any atom is 0.387 e. The Bertz CT molecular complexity index is 1740. The molecule has 0 radical (unpaired) electrons. The summed E-state index contributed by atoms with van der Waals surface area (Å²) in [6, 6.07) is 3.54. The van der Waals surface area contributed by atoms with Crippen molar-refractivity contribution in [1.82, 2.24) is 20.3 Å². The number of aromatic carboxylic acids is 1. The number of halogens is 4. The molecule has 4 fully saturated rings. The molecule has 44 heavy (non-hydrogen) atoms. The maximum atomic E-state index is 12.8. The van der Waals surface area contributed by atoms with E-state index in [4.69, 9.17) is 37.0 Å². The summed E-state index contributed by atoms with van der Waals surface area (Å²) in [7, 11) is 0. The molecule has 10 nitrogen and oxygen atoms in total. The van der Waals surface area contributed by atoms with E-state index >= 15 is 0 Å². The summed E-state index contributed by atoms with van der Waals surface area (Å²) >= 11 is 12.9. The molecule has 2 saturated heterocycles. The predicted octanol–water partition coefficient (Wildman–Crippen LogP) is 7.56. The van der Waals surface area contributed by atoms with E-state index in [-0.39, 0.29) is 22.7 Å². The maximum absolute atomic E-state index is 12.8. The molecular weight excluding hydrogens is 621 g/mol. The number of nitrogens with zero attached hydrogens (tertiary/aromatic N) is 4. The first-order valence-electron chi connectivity index (χ1n) is 14.0. The van der Waals surface area contributed by atoms with Crippen LogP contribution >= 0.6 is 23.2 Å². The molecule has 14 heteroatoms. The minimum Gasteiger partial charge on any atom is -0.478 e. The molecule has 0 spiro atoms. The topological polar surface area (TPSA) is 134 Å². The van der Waals surface area contributed by atoms with Crippen LogP contribution in [0.25, 0.3) is 28.7 Å². The fourth-order valence-corrected chi connectivity index (χ4v) is 6.50. The van der Waals surface area contributed by atoms with Crippen LogP contribution in [0.15, 0.2) is 45.7 Å². The average Bonchev–Trinajstić information content (AvgIpc) is 3.56. The molecule has 8 rings (SSSR count). The highest BCUT2D eigenvalue weighted by molar-refractivity contribution is 6.39. The van der Waals surface area contributed by atoms with Gasteiger partial charge in [0.1, 0.15) is 17.2 Å². The van der Waals surface area contributed by atoms with Crippen molar-refractivity contribution in [1.29, 1.82) is 0 Å². The standard InChI is InChI=1S/C30H24Cl2F2N4O6/c31-20-12-35-13-21(32)22(20)23-19(24(43-37-23)15-1-2-15)3-4-30-7-5-29(6-8-30,14-41-30)27-36-25(38-44-27)16-9-17(26(39)40)11-18(10-16)42-28(33)34/h3-4,9-13,15,28H,1-2,5-8,14H2,(H,39,40)/b4-3+. The van der Waals surface area contributed by atoms with Gasteiger partial charge in [-0.2, -0.15) is 13.8 Å². The molecule has 2 aliphatic carbocycles. The number of benzene rings is 1. The van der Waals surface area contributed by atoms with Crippen LogP contribution in [-0.4, -0.2) is 50.2 Å². The van der Waals surface area contributed by atoms with Gasteiger partial charge >= 0.3 is 12.6 Å². The second kappa shape index (κ2) is 10.9. The van der Waals surface area contributed by atoms with Crippen molar-refractivity contribution in [3.63, 3.8) is 0 Å². The summed E-state index contributed by atoms with van der Waals surface area (Å²) in [5.74, 6) is -0.116. The molecule has 0 amide bonds. The number of pyridine rings is 1. The smallest absolute Gasteiger partial charge is 0.387 e. The van der Waals surface area contributed by atoms with Gasteiger partial charge < -0.3 is 23.6 Å². The number of alkyl halides is 2. The zero-order valence-electron chi connectivity index (χ0n) is 22.9. The van der Waals surface area contributed by atoms with Crippen LogP contribution in [0.4, 0.5) is 8.78 Å². The Balaban J connectivity index is 1.13. The SMILES string of the molecule is O=C(O)c1cc(OC(F)F)cc(-c2noc(C34CCC(/C=C/c5c(-c6c(Cl)cncc6Cl)noc5C5CC5)(CC3)OC4)n2)c1. The van der Waals surface area contributed by atoms with Crippen molar-refractivity contribution in [2.75, 3.05) is 6.61 Å². The Morgan fingerprint density at radius 3 is 2.45 bits per heavy atom. The molecule has 0 atom stereocenters. The Kier molecular flexibility index (Phi) is 7.18. The Labute approximate surface area is 258 Å². The number of rotatable bonds is 9. The summed E-state index contributed by atoms with van der Waals surface area (Å²) in [4.78, 5) is 20.1. The van der Waals surface area contributed by atoms with E-state index in [1.54, 1.807) is 0 Å². The quantitative estimate of drug-likeness (QED) is 0.194. The third-order valence-electron chi connectivity index (χ3n) is 8.55. The largest absolute Gasteiger partial charge is 0.478 e. The van der Waals surface area contributed by atoms with E-state index in [0.717, 1.165) is 30.2 Å². The summed E-state index contributed by atoms with van der Waals surface area (Å²) in [6.07, 6.45) is 11.9. The molecule has 3 aromatic heterocycles. The lowest BCUT2D eigenvalue weighted by Crippen LogP contribution is -2.52. The molecule has 5 heterocycles. The van der Waals surface area contributed by atoms with Crippen molar-refractivity contribution in [3.05, 3.63) is 69.5 Å². The van der Waals surface area contributed by atoms with Crippen LogP contribution in [0.5, 0.6) is 5.75 Å². The molecule has 228 valence electrons. The van der Waals surface area contributed by atoms with Gasteiger partial charge in [-0.1, -0.05) is 45.7 Å². The van der Waals surface area contributed by atoms with Crippen molar-refractivity contribution < 1.29 is 37.2 Å². The van der Waals surface area contributed by atoms with Crippen LogP contribution in [0.1, 0.15) is 72.0 Å². The minimum absolute atomic E-state index is 0.0694. The molecule has 1 N–H and O–H groups in total. The third kappa shape index (κ3) is 5.24. The minimum atomic E-state index is -3.12. The lowest BCUT2D eigenvalue weighted by Gasteiger charge is -2.50. The molecular formula is C30H24Cl2F2N4O6. The first-order chi connectivity index (χ1) is 21.2. The van der Waals surface area contributed by atoms with Crippen LogP contribution < -0.4 is 4.74 Å². The monoisotopic (exact) mass is 644 g/mol. The molecule has 0 unspecified atom stereocenters. The number of aromatic nitrogens is 4. The van der Waals surface area contributed by atoms with Crippen molar-refractivity contribution >= 4 is 35.2 Å². The highest BCUT2D eigenvalue weighted by atomic mass is 35.5. The van der Waals surface area contributed by atoms with Crippen molar-refractivity contribution in [2.45, 2.75) is 62.1 Å². The number of hydrogen-bond acceptors (Lipinski definition) is 9. The van der Waals surface area contributed by atoms with E-state index < -0.39 is 23.6 Å². The molecule has 2 saturated carbocycles. The highest BCUT2D eigenvalue weighted by Crippen LogP contribution is 2.52. The Morgan fingerprint density at radius 2 is 1.82 bits per heavy atom. The normalized spacial score (nSPS) is 23.1. The third-order valence-corrected chi connectivity index (χ3v) is 9.13. The lowest BCUT2D eigenvalue weighted by atomic mass is 9.65. The fraction of sp³-hybridized carbons (Fsp3) is 0.367. The van der Waals surface area contributed by atoms with Gasteiger partial charge in [0.2, 0.25) is 11.7 Å². The number of hydrogen-bond donors (Lipinski definition) is 1. The molecule has 2 bridgehead atoms. The molecule has 4 aliphatic rings. The summed E-state index contributed by atoms with van der Waals surface area (Å²) < 4.78 is 48.0. The van der Waals surface area contributed by atoms with Crippen LogP contribution in [-0.2, 0) is 10.2 Å². The predicted molar refractivity (Wildman–Crippen MR) is 153 cm³/mol. The van der Waals surface area contributed by atoms with Gasteiger partial charge in [0.05, 0.1) is 33.2 Å². The Morgan fingerprint density at radius 1 is 1.07 bits per heavy atom. The number of ether oxygens (including phenoxy) is 2. The zero-order chi connectivity index (χ0) is 30.6. The van der Waals surface area contributed by atoms with E-state index in [9.17, 15) is 18.7 Å². The van der Waals surface area contributed by atoms with Crippen molar-refractivity contribution in [3.8, 4) is 28.4 Å². The van der Waals surface area contributed by atoms with Gasteiger partial charge in [-0.05, 0) is 56.7 Å². The molecule has 1 aromatic carbocycles. The summed E-state index contributed by atoms with van der Waals surface area (Å²) in [5.41, 5.74) is 0.830. The summed E-state index contributed by atoms with van der Waals surface area (Å²) in [6.45, 7) is -2.80. The first kappa shape index (κ1) is 28.9. The van der Waals surface area contributed by atoms with Crippen molar-refractivity contribution in [2.24, 2.45) is 0 Å². The number of carboxylic acids is 1. The van der Waals surface area contributed by atoms with E-state index in [0.29, 0.717) is 65.4 Å². The van der Waals surface area contributed by atoms with Gasteiger partial charge in [-0.25, -0.2) is 4.79 Å². The molecule has 2 aliphatic heterocycles. The lowest BCUT2D eigenvalue weighted by molar-refractivity contribution is -0.134. The van der Waals surface area contributed by atoms with Crippen LogP contribution in [0, 0.1) is 0 Å². The van der Waals surface area contributed by atoms with Gasteiger partial charge in [0, 0.05) is 35.0 Å². The average molecular weight is 645 g/mol. The van der Waals surface area contributed by atoms with Gasteiger partial charge in [0.25, 0.3) is 0 Å². The van der Waals surface area contributed by atoms with Crippen LogP contribution in [0.2, 0.25) is 10.0 Å². The Hall–Kier alpha value is -3.87. The highest BCUT2D eigenvalue weighted by Gasteiger charge is 2.52. The molecule has 4 aromatic rings. The fourth-order valence-electron chi connectivity index (χ4n) is 5.96. The van der Waals surface area contributed by atoms with Crippen LogP contribution in [0.3, 0.4) is 0 Å². The number of carboxylic acid groups (broad SMARTS) is 1.